The molecule has 0 aliphatic carbocycles. The smallest absolute Gasteiger partial charge is 0.226 e. The van der Waals surface area contributed by atoms with E-state index in [1.165, 1.54) is 11.1 Å². The maximum Gasteiger partial charge on any atom is 0.226 e. The van der Waals surface area contributed by atoms with E-state index in [2.05, 4.69) is 59.1 Å². The van der Waals surface area contributed by atoms with Crippen LogP contribution in [0.4, 0.5) is 0 Å². The zero-order valence-corrected chi connectivity index (χ0v) is 14.4. The molecule has 0 atom stereocenters. The van der Waals surface area contributed by atoms with Crippen molar-refractivity contribution in [1.82, 2.24) is 20.2 Å². The van der Waals surface area contributed by atoms with Crippen LogP contribution in [0.3, 0.4) is 0 Å². The first-order valence-corrected chi connectivity index (χ1v) is 8.70. The molecule has 0 unspecified atom stereocenters. The average Bonchev–Trinajstić information content (AvgIpc) is 3.15. The number of hydrogen-bond donors (Lipinski definition) is 1. The van der Waals surface area contributed by atoms with E-state index < -0.39 is 0 Å². The molecule has 2 heterocycles. The van der Waals surface area contributed by atoms with Crippen LogP contribution in [-0.4, -0.2) is 20.2 Å². The highest BCUT2D eigenvalue weighted by Crippen LogP contribution is 2.26. The summed E-state index contributed by atoms with van der Waals surface area (Å²) in [7, 11) is 0. The van der Waals surface area contributed by atoms with Crippen molar-refractivity contribution in [3.63, 3.8) is 0 Å². The van der Waals surface area contributed by atoms with Gasteiger partial charge < -0.3 is 4.42 Å². The van der Waals surface area contributed by atoms with Gasteiger partial charge in [-0.05, 0) is 31.9 Å². The number of thioether (sulfide) groups is 1. The lowest BCUT2D eigenvalue weighted by atomic mass is 10.1. The largest absolute Gasteiger partial charge is 0.444 e. The average molecular weight is 328 g/mol. The second-order valence-electron chi connectivity index (χ2n) is 5.57. The predicted molar refractivity (Wildman–Crippen MR) is 91.4 cm³/mol. The molecule has 2 aromatic heterocycles. The minimum atomic E-state index is 0.666. The zero-order chi connectivity index (χ0) is 16.2. The molecule has 0 radical (unpaired) electrons. The molecular weight excluding hydrogens is 308 g/mol. The molecule has 23 heavy (non-hydrogen) atoms. The topological polar surface area (TPSA) is 67.6 Å². The fourth-order valence-corrected chi connectivity index (χ4v) is 3.07. The molecule has 6 heteroatoms. The molecule has 0 fully saturated rings. The Morgan fingerprint density at radius 2 is 2.09 bits per heavy atom. The molecule has 3 aromatic rings. The van der Waals surface area contributed by atoms with Gasteiger partial charge in [-0.2, -0.15) is 0 Å². The van der Waals surface area contributed by atoms with E-state index in [0.717, 1.165) is 35.1 Å². The van der Waals surface area contributed by atoms with Crippen LogP contribution < -0.4 is 0 Å². The van der Waals surface area contributed by atoms with E-state index in [9.17, 15) is 0 Å². The third-order valence-electron chi connectivity index (χ3n) is 3.51. The monoisotopic (exact) mass is 328 g/mol. The third kappa shape index (κ3) is 3.82. The number of benzene rings is 1. The summed E-state index contributed by atoms with van der Waals surface area (Å²) >= 11 is 1.56. The van der Waals surface area contributed by atoms with Crippen molar-refractivity contribution in [2.75, 3.05) is 0 Å². The Labute approximate surface area is 139 Å². The van der Waals surface area contributed by atoms with Gasteiger partial charge >= 0.3 is 0 Å². The molecule has 0 amide bonds. The number of oxazole rings is 1. The van der Waals surface area contributed by atoms with Gasteiger partial charge in [0, 0.05) is 17.7 Å². The highest BCUT2D eigenvalue weighted by atomic mass is 32.2. The Bertz CT molecular complexity index is 793. The second kappa shape index (κ2) is 7.00. The van der Waals surface area contributed by atoms with Crippen molar-refractivity contribution in [3.05, 3.63) is 47.1 Å². The van der Waals surface area contributed by atoms with Gasteiger partial charge in [0.25, 0.3) is 0 Å². The Morgan fingerprint density at radius 1 is 1.22 bits per heavy atom. The van der Waals surface area contributed by atoms with Crippen molar-refractivity contribution in [1.29, 1.82) is 0 Å². The Balaban J connectivity index is 1.67. The van der Waals surface area contributed by atoms with Crippen LogP contribution in [-0.2, 0) is 12.2 Å². The Hall–Kier alpha value is -2.08. The number of aromatic amines is 1. The summed E-state index contributed by atoms with van der Waals surface area (Å²) in [6.07, 6.45) is 3.69. The van der Waals surface area contributed by atoms with Gasteiger partial charge in [0.2, 0.25) is 11.0 Å². The van der Waals surface area contributed by atoms with Crippen LogP contribution in [0.5, 0.6) is 0 Å². The molecule has 5 nitrogen and oxygen atoms in total. The van der Waals surface area contributed by atoms with Gasteiger partial charge in [-0.1, -0.05) is 36.4 Å². The number of nitrogens with one attached hydrogen (secondary N) is 1. The van der Waals surface area contributed by atoms with Crippen LogP contribution in [0.15, 0.2) is 34.0 Å². The van der Waals surface area contributed by atoms with Crippen LogP contribution in [0.25, 0.3) is 11.5 Å². The van der Waals surface area contributed by atoms with Gasteiger partial charge in [0.1, 0.15) is 12.1 Å². The summed E-state index contributed by atoms with van der Waals surface area (Å²) < 4.78 is 5.63. The highest BCUT2D eigenvalue weighted by Gasteiger charge is 2.11. The van der Waals surface area contributed by atoms with Gasteiger partial charge in [0.15, 0.2) is 0 Å². The van der Waals surface area contributed by atoms with E-state index in [1.807, 2.05) is 0 Å². The van der Waals surface area contributed by atoms with E-state index in [-0.39, 0.29) is 0 Å². The van der Waals surface area contributed by atoms with Crippen LogP contribution >= 0.6 is 11.8 Å². The van der Waals surface area contributed by atoms with Crippen LogP contribution in [0.1, 0.15) is 36.0 Å². The maximum atomic E-state index is 5.63. The Kier molecular flexibility index (Phi) is 4.81. The minimum Gasteiger partial charge on any atom is -0.444 e. The molecule has 1 aromatic carbocycles. The number of nitrogens with zero attached hydrogens (tertiary/aromatic N) is 3. The van der Waals surface area contributed by atoms with E-state index in [0.29, 0.717) is 11.6 Å². The van der Waals surface area contributed by atoms with Crippen molar-refractivity contribution in [2.45, 2.75) is 44.5 Å². The molecule has 0 aliphatic rings. The number of aryl methyl sites for hydroxylation is 3. The number of rotatable bonds is 6. The summed E-state index contributed by atoms with van der Waals surface area (Å²) in [6, 6.07) is 6.26. The maximum absolute atomic E-state index is 5.63. The lowest BCUT2D eigenvalue weighted by Gasteiger charge is -2.02. The molecule has 3 rings (SSSR count). The zero-order valence-electron chi connectivity index (χ0n) is 13.6. The normalized spacial score (nSPS) is 11.1. The molecule has 0 saturated carbocycles. The fraction of sp³-hybridized carbons (Fsp3) is 0.353. The van der Waals surface area contributed by atoms with Gasteiger partial charge in [-0.15, -0.1) is 5.10 Å². The van der Waals surface area contributed by atoms with E-state index in [1.54, 1.807) is 18.0 Å². The first kappa shape index (κ1) is 15.8. The molecule has 0 saturated heterocycles. The highest BCUT2D eigenvalue weighted by molar-refractivity contribution is 7.98. The van der Waals surface area contributed by atoms with Crippen LogP contribution in [0, 0.1) is 13.8 Å². The number of H-pyrrole nitrogens is 1. The molecule has 0 aliphatic heterocycles. The van der Waals surface area contributed by atoms with Crippen molar-refractivity contribution >= 4 is 11.8 Å². The fourth-order valence-electron chi connectivity index (χ4n) is 2.38. The van der Waals surface area contributed by atoms with Crippen molar-refractivity contribution in [2.24, 2.45) is 0 Å². The number of hydrogen-bond acceptors (Lipinski definition) is 5. The summed E-state index contributed by atoms with van der Waals surface area (Å²) in [5.41, 5.74) is 4.34. The van der Waals surface area contributed by atoms with Crippen LogP contribution in [0.2, 0.25) is 0 Å². The van der Waals surface area contributed by atoms with Gasteiger partial charge in [-0.3, -0.25) is 5.10 Å². The quantitative estimate of drug-likeness (QED) is 0.682. The summed E-state index contributed by atoms with van der Waals surface area (Å²) in [4.78, 5) is 9.02. The van der Waals surface area contributed by atoms with Gasteiger partial charge in [-0.25, -0.2) is 9.97 Å². The van der Waals surface area contributed by atoms with Crippen molar-refractivity contribution < 1.29 is 4.42 Å². The summed E-state index contributed by atoms with van der Waals surface area (Å²) in [6.45, 7) is 6.28. The van der Waals surface area contributed by atoms with Crippen molar-refractivity contribution in [3.8, 4) is 11.5 Å². The summed E-state index contributed by atoms with van der Waals surface area (Å²) in [5.74, 6) is 2.29. The summed E-state index contributed by atoms with van der Waals surface area (Å²) in [5, 5.41) is 7.92. The molecule has 0 spiro atoms. The van der Waals surface area contributed by atoms with Gasteiger partial charge in [0.05, 0.1) is 5.69 Å². The molecular formula is C17H20N4OS. The first-order chi connectivity index (χ1) is 11.2. The minimum absolute atomic E-state index is 0.666. The van der Waals surface area contributed by atoms with E-state index >= 15 is 0 Å². The standard InChI is InChI=1S/C17H20N4OS/c1-4-5-15-19-17(21-20-15)23-10-13-9-22-16(18-13)14-7-6-11(2)8-12(14)3/h6-9H,4-5,10H2,1-3H3,(H,19,20,21). The second-order valence-corrected chi connectivity index (χ2v) is 6.51. The SMILES string of the molecule is CCCc1nc(SCc2coc(-c3ccc(C)cc3C)n2)n[nH]1. The molecule has 0 bridgehead atoms. The first-order valence-electron chi connectivity index (χ1n) is 7.72. The lowest BCUT2D eigenvalue weighted by Crippen LogP contribution is -1.87. The molecule has 1 N–H and O–H groups in total. The lowest BCUT2D eigenvalue weighted by molar-refractivity contribution is 0.573. The predicted octanol–water partition coefficient (Wildman–Crippen LogP) is 4.32. The molecule has 120 valence electrons. The van der Waals surface area contributed by atoms with E-state index in [4.69, 9.17) is 4.42 Å². The Morgan fingerprint density at radius 3 is 2.87 bits per heavy atom. The number of aromatic nitrogens is 4. The third-order valence-corrected chi connectivity index (χ3v) is 4.39.